The molecule has 0 radical (unpaired) electrons. The van der Waals surface area contributed by atoms with E-state index < -0.39 is 5.97 Å². The van der Waals surface area contributed by atoms with Crippen molar-refractivity contribution < 1.29 is 14.7 Å². The highest BCUT2D eigenvalue weighted by Gasteiger charge is 2.20. The van der Waals surface area contributed by atoms with Crippen LogP contribution in [0.2, 0.25) is 0 Å². The summed E-state index contributed by atoms with van der Waals surface area (Å²) in [5, 5.41) is 8.68. The van der Waals surface area contributed by atoms with Gasteiger partial charge in [-0.15, -0.1) is 0 Å². The third kappa shape index (κ3) is 5.40. The van der Waals surface area contributed by atoms with Crippen LogP contribution in [0.1, 0.15) is 40.0 Å². The van der Waals surface area contributed by atoms with Gasteiger partial charge in [0.05, 0.1) is 0 Å². The van der Waals surface area contributed by atoms with E-state index in [2.05, 4.69) is 0 Å². The molecule has 1 amide bonds. The molecule has 0 spiro atoms. The molecule has 0 aromatic rings. The molecule has 0 bridgehead atoms. The molecule has 0 aromatic heterocycles. The van der Waals surface area contributed by atoms with Crippen LogP contribution in [0.25, 0.3) is 0 Å². The van der Waals surface area contributed by atoms with Crippen LogP contribution in [0.15, 0.2) is 0 Å². The summed E-state index contributed by atoms with van der Waals surface area (Å²) in [6.07, 6.45) is 2.55. The minimum atomic E-state index is -0.944. The molecule has 4 nitrogen and oxygen atoms in total. The van der Waals surface area contributed by atoms with Crippen LogP contribution in [0, 0.1) is 5.92 Å². The zero-order valence-corrected chi connectivity index (χ0v) is 9.82. The van der Waals surface area contributed by atoms with Crippen LogP contribution in [0.4, 0.5) is 0 Å². The van der Waals surface area contributed by atoms with Crippen molar-refractivity contribution in [2.45, 2.75) is 40.0 Å². The van der Waals surface area contributed by atoms with Gasteiger partial charge in [-0.05, 0) is 12.8 Å². The first kappa shape index (κ1) is 13.9. The van der Waals surface area contributed by atoms with Crippen LogP contribution in [0.5, 0.6) is 0 Å². The lowest BCUT2D eigenvalue weighted by Crippen LogP contribution is -2.39. The topological polar surface area (TPSA) is 57.6 Å². The van der Waals surface area contributed by atoms with E-state index in [0.717, 1.165) is 19.3 Å². The fourth-order valence-electron chi connectivity index (χ4n) is 1.57. The van der Waals surface area contributed by atoms with Gasteiger partial charge in [0.15, 0.2) is 0 Å². The zero-order chi connectivity index (χ0) is 11.8. The largest absolute Gasteiger partial charge is 0.480 e. The molecule has 0 saturated heterocycles. The van der Waals surface area contributed by atoms with Gasteiger partial charge in [0.25, 0.3) is 0 Å². The van der Waals surface area contributed by atoms with Gasteiger partial charge in [0.2, 0.25) is 5.91 Å². The highest BCUT2D eigenvalue weighted by molar-refractivity contribution is 5.82. The molecule has 1 unspecified atom stereocenters. The van der Waals surface area contributed by atoms with Gasteiger partial charge >= 0.3 is 5.97 Å². The molecule has 1 N–H and O–H groups in total. The SMILES string of the molecule is CCCC(C)C(=O)N(CCC)CC(=O)O. The van der Waals surface area contributed by atoms with Crippen molar-refractivity contribution >= 4 is 11.9 Å². The maximum Gasteiger partial charge on any atom is 0.323 e. The maximum atomic E-state index is 11.8. The predicted molar refractivity (Wildman–Crippen MR) is 58.6 cm³/mol. The molecule has 0 rings (SSSR count). The van der Waals surface area contributed by atoms with Gasteiger partial charge < -0.3 is 10.0 Å². The Morgan fingerprint density at radius 2 is 1.87 bits per heavy atom. The summed E-state index contributed by atoms with van der Waals surface area (Å²) in [5.41, 5.74) is 0. The second-order valence-corrected chi connectivity index (χ2v) is 3.84. The quantitative estimate of drug-likeness (QED) is 0.703. The van der Waals surface area contributed by atoms with Crippen molar-refractivity contribution in [3.05, 3.63) is 0 Å². The molecule has 0 aromatic carbocycles. The van der Waals surface area contributed by atoms with Gasteiger partial charge in [-0.25, -0.2) is 0 Å². The standard InChI is InChI=1S/C11H21NO3/c1-4-6-9(3)11(15)12(7-5-2)8-10(13)14/h9H,4-8H2,1-3H3,(H,13,14). The Hall–Kier alpha value is -1.06. The number of aliphatic carboxylic acids is 1. The van der Waals surface area contributed by atoms with E-state index >= 15 is 0 Å². The lowest BCUT2D eigenvalue weighted by atomic mass is 10.0. The smallest absolute Gasteiger partial charge is 0.323 e. The number of carbonyl (C=O) groups is 2. The Bertz CT molecular complexity index is 216. The molecular weight excluding hydrogens is 194 g/mol. The first-order valence-electron chi connectivity index (χ1n) is 5.53. The summed E-state index contributed by atoms with van der Waals surface area (Å²) in [6, 6.07) is 0. The zero-order valence-electron chi connectivity index (χ0n) is 9.82. The van der Waals surface area contributed by atoms with Gasteiger partial charge in [-0.2, -0.15) is 0 Å². The minimum absolute atomic E-state index is 0.0406. The van der Waals surface area contributed by atoms with Gasteiger partial charge in [-0.1, -0.05) is 27.2 Å². The lowest BCUT2D eigenvalue weighted by molar-refractivity contribution is -0.146. The second kappa shape index (κ2) is 7.26. The minimum Gasteiger partial charge on any atom is -0.480 e. The maximum absolute atomic E-state index is 11.8. The fraction of sp³-hybridized carbons (Fsp3) is 0.818. The summed E-state index contributed by atoms with van der Waals surface area (Å²) in [5.74, 6) is -1.05. The first-order valence-corrected chi connectivity index (χ1v) is 5.53. The fourth-order valence-corrected chi connectivity index (χ4v) is 1.57. The van der Waals surface area contributed by atoms with Crippen molar-refractivity contribution in [1.82, 2.24) is 4.90 Å². The molecule has 1 atom stereocenters. The van der Waals surface area contributed by atoms with Crippen molar-refractivity contribution in [1.29, 1.82) is 0 Å². The van der Waals surface area contributed by atoms with Crippen LogP contribution >= 0.6 is 0 Å². The number of nitrogens with zero attached hydrogens (tertiary/aromatic N) is 1. The Balaban J connectivity index is 4.32. The van der Waals surface area contributed by atoms with Crippen LogP contribution < -0.4 is 0 Å². The number of hydrogen-bond donors (Lipinski definition) is 1. The predicted octanol–water partition coefficient (Wildman–Crippen LogP) is 1.75. The molecule has 15 heavy (non-hydrogen) atoms. The molecule has 4 heteroatoms. The summed E-state index contributed by atoms with van der Waals surface area (Å²) >= 11 is 0. The van der Waals surface area contributed by atoms with E-state index in [0.29, 0.717) is 6.54 Å². The normalized spacial score (nSPS) is 12.2. The van der Waals surface area contributed by atoms with E-state index in [-0.39, 0.29) is 18.4 Å². The molecule has 0 aliphatic rings. The summed E-state index contributed by atoms with van der Waals surface area (Å²) in [7, 11) is 0. The number of hydrogen-bond acceptors (Lipinski definition) is 2. The van der Waals surface area contributed by atoms with Crippen LogP contribution in [-0.4, -0.2) is 35.0 Å². The third-order valence-electron chi connectivity index (χ3n) is 2.27. The molecule has 0 fully saturated rings. The molecule has 0 aliphatic carbocycles. The van der Waals surface area contributed by atoms with Gasteiger partial charge in [0.1, 0.15) is 6.54 Å². The number of carboxylic acid groups (broad SMARTS) is 1. The molecule has 0 saturated carbocycles. The average molecular weight is 215 g/mol. The van der Waals surface area contributed by atoms with E-state index in [4.69, 9.17) is 5.11 Å². The Morgan fingerprint density at radius 1 is 1.27 bits per heavy atom. The molecule has 0 aliphatic heterocycles. The highest BCUT2D eigenvalue weighted by atomic mass is 16.4. The summed E-state index contributed by atoms with van der Waals surface area (Å²) in [6.45, 7) is 6.16. The Kier molecular flexibility index (Phi) is 6.75. The number of rotatable bonds is 7. The number of carbonyl (C=O) groups excluding carboxylic acids is 1. The van der Waals surface area contributed by atoms with Crippen LogP contribution in [0.3, 0.4) is 0 Å². The second-order valence-electron chi connectivity index (χ2n) is 3.84. The first-order chi connectivity index (χ1) is 7.02. The highest BCUT2D eigenvalue weighted by Crippen LogP contribution is 2.09. The molecular formula is C11H21NO3. The molecule has 0 heterocycles. The average Bonchev–Trinajstić information content (AvgIpc) is 2.16. The van der Waals surface area contributed by atoms with Gasteiger partial charge in [-0.3, -0.25) is 9.59 Å². The van der Waals surface area contributed by atoms with Crippen LogP contribution in [-0.2, 0) is 9.59 Å². The van der Waals surface area contributed by atoms with Crippen molar-refractivity contribution in [3.8, 4) is 0 Å². The Labute approximate surface area is 91.3 Å². The van der Waals surface area contributed by atoms with Gasteiger partial charge in [0, 0.05) is 12.5 Å². The third-order valence-corrected chi connectivity index (χ3v) is 2.27. The number of carboxylic acids is 1. The van der Waals surface area contributed by atoms with E-state index in [1.807, 2.05) is 20.8 Å². The monoisotopic (exact) mass is 215 g/mol. The van der Waals surface area contributed by atoms with Crippen molar-refractivity contribution in [2.75, 3.05) is 13.1 Å². The van der Waals surface area contributed by atoms with E-state index in [1.165, 1.54) is 4.90 Å². The lowest BCUT2D eigenvalue weighted by Gasteiger charge is -2.23. The van der Waals surface area contributed by atoms with Crippen molar-refractivity contribution in [2.24, 2.45) is 5.92 Å². The molecule has 88 valence electrons. The van der Waals surface area contributed by atoms with E-state index in [9.17, 15) is 9.59 Å². The van der Waals surface area contributed by atoms with E-state index in [1.54, 1.807) is 0 Å². The summed E-state index contributed by atoms with van der Waals surface area (Å²) < 4.78 is 0. The summed E-state index contributed by atoms with van der Waals surface area (Å²) in [4.78, 5) is 23.8. The van der Waals surface area contributed by atoms with Crippen molar-refractivity contribution in [3.63, 3.8) is 0 Å². The Morgan fingerprint density at radius 3 is 2.27 bits per heavy atom. The number of amides is 1.